The van der Waals surface area contributed by atoms with Crippen molar-refractivity contribution in [1.29, 1.82) is 0 Å². The van der Waals surface area contributed by atoms with E-state index < -0.39 is 7.05 Å². The van der Waals surface area contributed by atoms with Gasteiger partial charge in [-0.05, 0) is 12.9 Å². The van der Waals surface area contributed by atoms with E-state index in [1.54, 1.807) is 6.82 Å². The highest BCUT2D eigenvalue weighted by atomic mass is 16.5. The van der Waals surface area contributed by atoms with Gasteiger partial charge in [0.15, 0.2) is 0 Å². The maximum Gasteiger partial charge on any atom is 0.410 e. The van der Waals surface area contributed by atoms with Crippen molar-refractivity contribution in [1.82, 2.24) is 4.98 Å². The van der Waals surface area contributed by atoms with E-state index in [1.165, 1.54) is 0 Å². The molecule has 0 radical (unpaired) electrons. The molecule has 1 aromatic rings. The number of pyridine rings is 1. The summed E-state index contributed by atoms with van der Waals surface area (Å²) in [5, 5.41) is 18.7. The van der Waals surface area contributed by atoms with Crippen molar-refractivity contribution >= 4 is 12.9 Å². The predicted octanol–water partition coefficient (Wildman–Crippen LogP) is 0.0633. The zero-order chi connectivity index (χ0) is 12.3. The average molecular weight is 236 g/mol. The molecule has 6 heteroatoms. The fraction of sp³-hybridized carbons (Fsp3) is 0.545. The van der Waals surface area contributed by atoms with Crippen LogP contribution >= 0.6 is 0 Å². The van der Waals surface area contributed by atoms with Crippen molar-refractivity contribution in [2.75, 3.05) is 24.6 Å². The Balaban J connectivity index is 2.35. The first kappa shape index (κ1) is 12.4. The number of aromatic nitrogens is 1. The Kier molecular flexibility index (Phi) is 3.99. The summed E-state index contributed by atoms with van der Waals surface area (Å²) >= 11 is 0. The Morgan fingerprint density at radius 1 is 1.53 bits per heavy atom. The van der Waals surface area contributed by atoms with Crippen LogP contribution < -0.4 is 4.81 Å². The van der Waals surface area contributed by atoms with E-state index in [0.29, 0.717) is 26.2 Å². The molecular weight excluding hydrogens is 219 g/mol. The van der Waals surface area contributed by atoms with E-state index >= 15 is 0 Å². The number of hydrogen-bond donors (Lipinski definition) is 2. The van der Waals surface area contributed by atoms with Crippen molar-refractivity contribution < 1.29 is 14.9 Å². The third kappa shape index (κ3) is 2.77. The Bertz CT molecular complexity index is 387. The van der Waals surface area contributed by atoms with Crippen LogP contribution in [0.25, 0.3) is 0 Å². The molecule has 2 rings (SSSR count). The van der Waals surface area contributed by atoms with Crippen molar-refractivity contribution in [3.63, 3.8) is 0 Å². The van der Waals surface area contributed by atoms with Gasteiger partial charge in [-0.2, -0.15) is 0 Å². The summed E-state index contributed by atoms with van der Waals surface area (Å²) in [5.41, 5.74) is 1.81. The monoisotopic (exact) mass is 236 g/mol. The van der Waals surface area contributed by atoms with Crippen molar-refractivity contribution in [3.8, 4) is 0 Å². The van der Waals surface area contributed by atoms with Crippen molar-refractivity contribution in [2.24, 2.45) is 0 Å². The highest BCUT2D eigenvalue weighted by Crippen LogP contribution is 2.22. The lowest BCUT2D eigenvalue weighted by atomic mass is 9.84. The summed E-state index contributed by atoms with van der Waals surface area (Å²) in [4.78, 5) is 6.31. The molecule has 0 amide bonds. The number of nitrogens with zero attached hydrogens (tertiary/aromatic N) is 2. The molecule has 92 valence electrons. The fourth-order valence-corrected chi connectivity index (χ4v) is 1.95. The molecule has 5 nitrogen and oxygen atoms in total. The van der Waals surface area contributed by atoms with Gasteiger partial charge in [-0.1, -0.05) is 6.07 Å². The lowest BCUT2D eigenvalue weighted by Crippen LogP contribution is -2.39. The molecule has 0 bridgehead atoms. The molecule has 1 aliphatic heterocycles. The smallest absolute Gasteiger partial charge is 0.410 e. The van der Waals surface area contributed by atoms with Gasteiger partial charge in [-0.25, -0.2) is 4.98 Å². The van der Waals surface area contributed by atoms with E-state index in [0.717, 1.165) is 17.1 Å². The van der Waals surface area contributed by atoms with Crippen LogP contribution in [0.3, 0.4) is 0 Å². The summed E-state index contributed by atoms with van der Waals surface area (Å²) in [6, 6.07) is 3.85. The largest absolute Gasteiger partial charge is 0.432 e. The highest BCUT2D eigenvalue weighted by Gasteiger charge is 2.23. The molecule has 0 spiro atoms. The standard InChI is InChI=1S/C11H17BN2O3/c1-12(16)14-5-7-17-8-9-2-3-10(4-6-15)13-11(9)14/h2-3,15-16H,4-8H2,1H3. The molecule has 2 heterocycles. The van der Waals surface area contributed by atoms with Gasteiger partial charge in [-0.3, -0.25) is 0 Å². The van der Waals surface area contributed by atoms with E-state index in [1.807, 2.05) is 16.9 Å². The van der Waals surface area contributed by atoms with Gasteiger partial charge in [0.2, 0.25) is 0 Å². The minimum absolute atomic E-state index is 0.0803. The first-order valence-electron chi connectivity index (χ1n) is 5.84. The minimum atomic E-state index is -0.590. The Morgan fingerprint density at radius 2 is 2.35 bits per heavy atom. The van der Waals surface area contributed by atoms with Crippen LogP contribution in [0.2, 0.25) is 6.82 Å². The van der Waals surface area contributed by atoms with Crippen molar-refractivity contribution in [3.05, 3.63) is 23.4 Å². The maximum atomic E-state index is 9.75. The Hall–Kier alpha value is -1.11. The molecule has 0 atom stereocenters. The van der Waals surface area contributed by atoms with Crippen molar-refractivity contribution in [2.45, 2.75) is 19.9 Å². The second-order valence-corrected chi connectivity index (χ2v) is 4.14. The van der Waals surface area contributed by atoms with Gasteiger partial charge in [-0.15, -0.1) is 0 Å². The zero-order valence-corrected chi connectivity index (χ0v) is 9.96. The molecule has 1 aromatic heterocycles. The normalized spacial score (nSPS) is 15.4. The van der Waals surface area contributed by atoms with Crippen LogP contribution in [-0.4, -0.2) is 41.9 Å². The van der Waals surface area contributed by atoms with Crippen LogP contribution in [0.4, 0.5) is 5.82 Å². The molecule has 0 unspecified atom stereocenters. The highest BCUT2D eigenvalue weighted by molar-refractivity contribution is 6.53. The summed E-state index contributed by atoms with van der Waals surface area (Å²) in [5.74, 6) is 0.767. The molecule has 17 heavy (non-hydrogen) atoms. The second-order valence-electron chi connectivity index (χ2n) is 4.14. The van der Waals surface area contributed by atoms with Gasteiger partial charge < -0.3 is 19.7 Å². The molecular formula is C11H17BN2O3. The molecule has 0 aromatic carbocycles. The number of fused-ring (bicyclic) bond motifs is 1. The molecule has 0 saturated carbocycles. The number of rotatable bonds is 3. The Labute approximate surface area is 101 Å². The van der Waals surface area contributed by atoms with Crippen LogP contribution in [-0.2, 0) is 17.8 Å². The lowest BCUT2D eigenvalue weighted by Gasteiger charge is -2.24. The van der Waals surface area contributed by atoms with Gasteiger partial charge in [0, 0.05) is 30.8 Å². The summed E-state index contributed by atoms with van der Waals surface area (Å²) < 4.78 is 5.46. The first-order valence-corrected chi connectivity index (χ1v) is 5.84. The lowest BCUT2D eigenvalue weighted by molar-refractivity contribution is 0.133. The van der Waals surface area contributed by atoms with E-state index in [2.05, 4.69) is 4.98 Å². The second kappa shape index (κ2) is 5.49. The van der Waals surface area contributed by atoms with Crippen LogP contribution in [0.5, 0.6) is 0 Å². The number of anilines is 1. The summed E-state index contributed by atoms with van der Waals surface area (Å²) in [6.07, 6.45) is 0.530. The molecule has 0 fully saturated rings. The fourth-order valence-electron chi connectivity index (χ4n) is 1.95. The van der Waals surface area contributed by atoms with E-state index in [-0.39, 0.29) is 6.61 Å². The first-order chi connectivity index (χ1) is 8.22. The molecule has 0 aliphatic carbocycles. The summed E-state index contributed by atoms with van der Waals surface area (Å²) in [7, 11) is -0.590. The van der Waals surface area contributed by atoms with Gasteiger partial charge in [0.05, 0.1) is 13.2 Å². The van der Waals surface area contributed by atoms with Gasteiger partial charge in [0.1, 0.15) is 5.82 Å². The Morgan fingerprint density at radius 3 is 3.06 bits per heavy atom. The third-order valence-electron chi connectivity index (χ3n) is 2.84. The predicted molar refractivity (Wildman–Crippen MR) is 65.9 cm³/mol. The molecule has 0 saturated heterocycles. The van der Waals surface area contributed by atoms with Crippen LogP contribution in [0.1, 0.15) is 11.3 Å². The average Bonchev–Trinajstić information content (AvgIpc) is 2.51. The number of hydrogen-bond acceptors (Lipinski definition) is 5. The SMILES string of the molecule is CB(O)N1CCOCc2ccc(CCO)nc21. The topological polar surface area (TPSA) is 65.8 Å². The number of ether oxygens (including phenoxy) is 1. The minimum Gasteiger partial charge on any atom is -0.432 e. The van der Waals surface area contributed by atoms with Gasteiger partial charge in [0.25, 0.3) is 0 Å². The van der Waals surface area contributed by atoms with E-state index in [9.17, 15) is 5.02 Å². The van der Waals surface area contributed by atoms with Crippen LogP contribution in [0.15, 0.2) is 12.1 Å². The quantitative estimate of drug-likeness (QED) is 0.726. The number of aliphatic hydroxyl groups is 1. The van der Waals surface area contributed by atoms with E-state index in [4.69, 9.17) is 9.84 Å². The maximum absolute atomic E-state index is 9.75. The zero-order valence-electron chi connectivity index (χ0n) is 9.96. The molecule has 2 N–H and O–H groups in total. The molecule has 1 aliphatic rings. The summed E-state index contributed by atoms with van der Waals surface area (Å²) in [6.45, 7) is 3.52. The van der Waals surface area contributed by atoms with Gasteiger partial charge >= 0.3 is 7.05 Å². The third-order valence-corrected chi connectivity index (χ3v) is 2.84. The number of aliphatic hydroxyl groups excluding tert-OH is 1. The van der Waals surface area contributed by atoms with Crippen LogP contribution in [0, 0.1) is 0 Å².